The Kier molecular flexibility index (Phi) is 4.61. The highest BCUT2D eigenvalue weighted by Gasteiger charge is 2.33. The van der Waals surface area contributed by atoms with Gasteiger partial charge in [-0.3, -0.25) is 14.3 Å². The standard InChI is InChI=1S/C16H25N3O3/c1-11-12(2)17-10-19(16(11)21)7-13-3-5-18(6-4-13)14-8-22-9-15(14)20/h10,13-15,20H,3-9H2,1-2H3. The third-order valence-corrected chi connectivity index (χ3v) is 5.11. The number of aryl methyl sites for hydroxylation is 1. The van der Waals surface area contributed by atoms with Crippen LogP contribution in [0.2, 0.25) is 0 Å². The fourth-order valence-corrected chi connectivity index (χ4v) is 3.43. The number of aromatic nitrogens is 2. The van der Waals surface area contributed by atoms with Gasteiger partial charge in [0.2, 0.25) is 0 Å². The van der Waals surface area contributed by atoms with E-state index in [0.717, 1.165) is 43.7 Å². The molecule has 1 N–H and O–H groups in total. The zero-order valence-electron chi connectivity index (χ0n) is 13.4. The van der Waals surface area contributed by atoms with Gasteiger partial charge in [-0.25, -0.2) is 4.98 Å². The topological polar surface area (TPSA) is 67.6 Å². The van der Waals surface area contributed by atoms with E-state index in [4.69, 9.17) is 4.74 Å². The summed E-state index contributed by atoms with van der Waals surface area (Å²) in [5.74, 6) is 0.498. The number of aliphatic hydroxyl groups is 1. The van der Waals surface area contributed by atoms with Crippen LogP contribution in [0, 0.1) is 19.8 Å². The van der Waals surface area contributed by atoms with E-state index in [1.807, 2.05) is 13.8 Å². The number of piperidine rings is 1. The van der Waals surface area contributed by atoms with Crippen molar-refractivity contribution < 1.29 is 9.84 Å². The Morgan fingerprint density at radius 2 is 2.05 bits per heavy atom. The molecule has 0 spiro atoms. The summed E-state index contributed by atoms with van der Waals surface area (Å²) in [5, 5.41) is 9.91. The molecule has 6 heteroatoms. The Bertz CT molecular complexity index is 578. The van der Waals surface area contributed by atoms with Crippen molar-refractivity contribution in [3.8, 4) is 0 Å². The molecule has 0 radical (unpaired) electrons. The van der Waals surface area contributed by atoms with Crippen molar-refractivity contribution in [2.45, 2.75) is 45.4 Å². The minimum absolute atomic E-state index is 0.0783. The Morgan fingerprint density at radius 1 is 1.32 bits per heavy atom. The maximum Gasteiger partial charge on any atom is 0.256 e. The van der Waals surface area contributed by atoms with Gasteiger partial charge < -0.3 is 9.84 Å². The van der Waals surface area contributed by atoms with Gasteiger partial charge in [0.05, 0.1) is 31.7 Å². The molecule has 3 heterocycles. The Balaban J connectivity index is 1.58. The number of aliphatic hydroxyl groups excluding tert-OH is 1. The second kappa shape index (κ2) is 6.48. The second-order valence-electron chi connectivity index (χ2n) is 6.56. The largest absolute Gasteiger partial charge is 0.389 e. The summed E-state index contributed by atoms with van der Waals surface area (Å²) >= 11 is 0. The number of hydrogen-bond donors (Lipinski definition) is 1. The van der Waals surface area contributed by atoms with Gasteiger partial charge in [-0.15, -0.1) is 0 Å². The molecule has 0 bridgehead atoms. The number of hydrogen-bond acceptors (Lipinski definition) is 5. The van der Waals surface area contributed by atoms with Gasteiger partial charge in [0.15, 0.2) is 0 Å². The van der Waals surface area contributed by atoms with Crippen LogP contribution in [0.25, 0.3) is 0 Å². The van der Waals surface area contributed by atoms with E-state index in [9.17, 15) is 9.90 Å². The lowest BCUT2D eigenvalue weighted by Gasteiger charge is -2.36. The highest BCUT2D eigenvalue weighted by molar-refractivity contribution is 5.12. The predicted octanol–water partition coefficient (Wildman–Crippen LogP) is 0.332. The summed E-state index contributed by atoms with van der Waals surface area (Å²) in [6, 6.07) is 0.145. The number of rotatable bonds is 3. The Labute approximate surface area is 130 Å². The molecule has 2 aliphatic heterocycles. The normalized spacial score (nSPS) is 27.4. The third-order valence-electron chi connectivity index (χ3n) is 5.11. The van der Waals surface area contributed by atoms with Crippen molar-refractivity contribution in [2.75, 3.05) is 26.3 Å². The van der Waals surface area contributed by atoms with Crippen LogP contribution in [-0.4, -0.2) is 58.0 Å². The van der Waals surface area contributed by atoms with Crippen LogP contribution in [0.15, 0.2) is 11.1 Å². The van der Waals surface area contributed by atoms with Crippen molar-refractivity contribution in [1.29, 1.82) is 0 Å². The fourth-order valence-electron chi connectivity index (χ4n) is 3.43. The lowest BCUT2D eigenvalue weighted by Crippen LogP contribution is -2.47. The molecule has 2 unspecified atom stereocenters. The first-order chi connectivity index (χ1) is 10.6. The van der Waals surface area contributed by atoms with Gasteiger partial charge in [0.25, 0.3) is 5.56 Å². The highest BCUT2D eigenvalue weighted by Crippen LogP contribution is 2.23. The first kappa shape index (κ1) is 15.6. The monoisotopic (exact) mass is 307 g/mol. The maximum atomic E-state index is 12.2. The van der Waals surface area contributed by atoms with Crippen LogP contribution >= 0.6 is 0 Å². The van der Waals surface area contributed by atoms with E-state index in [2.05, 4.69) is 9.88 Å². The van der Waals surface area contributed by atoms with Crippen molar-refractivity contribution in [2.24, 2.45) is 5.92 Å². The van der Waals surface area contributed by atoms with Crippen LogP contribution in [0.3, 0.4) is 0 Å². The lowest BCUT2D eigenvalue weighted by atomic mass is 9.95. The first-order valence-corrected chi connectivity index (χ1v) is 8.08. The molecule has 22 heavy (non-hydrogen) atoms. The van der Waals surface area contributed by atoms with Crippen molar-refractivity contribution in [3.63, 3.8) is 0 Å². The minimum Gasteiger partial charge on any atom is -0.389 e. The zero-order chi connectivity index (χ0) is 15.7. The average molecular weight is 307 g/mol. The van der Waals surface area contributed by atoms with E-state index in [1.54, 1.807) is 10.9 Å². The summed E-state index contributed by atoms with van der Waals surface area (Å²) < 4.78 is 7.09. The van der Waals surface area contributed by atoms with Crippen LogP contribution in [0.1, 0.15) is 24.1 Å². The molecule has 1 aromatic heterocycles. The van der Waals surface area contributed by atoms with E-state index in [1.165, 1.54) is 0 Å². The van der Waals surface area contributed by atoms with Gasteiger partial charge in [-0.1, -0.05) is 0 Å². The maximum absolute atomic E-state index is 12.2. The van der Waals surface area contributed by atoms with Gasteiger partial charge >= 0.3 is 0 Å². The molecule has 2 aliphatic rings. The SMILES string of the molecule is Cc1ncn(CC2CCN(C3COCC3O)CC2)c(=O)c1C. The van der Waals surface area contributed by atoms with Gasteiger partial charge in [-0.05, 0) is 45.7 Å². The molecule has 122 valence electrons. The van der Waals surface area contributed by atoms with Crippen LogP contribution in [0.5, 0.6) is 0 Å². The van der Waals surface area contributed by atoms with Gasteiger partial charge in [0.1, 0.15) is 0 Å². The molecule has 0 aromatic carbocycles. The van der Waals surface area contributed by atoms with E-state index in [0.29, 0.717) is 19.1 Å². The summed E-state index contributed by atoms with van der Waals surface area (Å²) in [6.45, 7) is 7.45. The van der Waals surface area contributed by atoms with Crippen molar-refractivity contribution in [3.05, 3.63) is 27.9 Å². The molecular formula is C16H25N3O3. The van der Waals surface area contributed by atoms with E-state index < -0.39 is 0 Å². The third kappa shape index (κ3) is 3.09. The molecular weight excluding hydrogens is 282 g/mol. The number of likely N-dealkylation sites (tertiary alicyclic amines) is 1. The van der Waals surface area contributed by atoms with Crippen molar-refractivity contribution >= 4 is 0 Å². The van der Waals surface area contributed by atoms with Crippen LogP contribution in [0.4, 0.5) is 0 Å². The fraction of sp³-hybridized carbons (Fsp3) is 0.750. The Morgan fingerprint density at radius 3 is 2.68 bits per heavy atom. The number of ether oxygens (including phenoxy) is 1. The van der Waals surface area contributed by atoms with E-state index in [-0.39, 0.29) is 17.7 Å². The molecule has 0 amide bonds. The number of nitrogens with zero attached hydrogens (tertiary/aromatic N) is 3. The van der Waals surface area contributed by atoms with Gasteiger partial charge in [-0.2, -0.15) is 0 Å². The summed E-state index contributed by atoms with van der Waals surface area (Å²) in [5.41, 5.74) is 1.63. The summed E-state index contributed by atoms with van der Waals surface area (Å²) in [4.78, 5) is 18.9. The average Bonchev–Trinajstić information content (AvgIpc) is 2.95. The molecule has 6 nitrogen and oxygen atoms in total. The zero-order valence-corrected chi connectivity index (χ0v) is 13.4. The quantitative estimate of drug-likeness (QED) is 0.872. The van der Waals surface area contributed by atoms with Crippen LogP contribution in [-0.2, 0) is 11.3 Å². The molecule has 2 atom stereocenters. The molecule has 1 aromatic rings. The highest BCUT2D eigenvalue weighted by atomic mass is 16.5. The smallest absolute Gasteiger partial charge is 0.256 e. The molecule has 2 saturated heterocycles. The molecule has 0 aliphatic carbocycles. The lowest BCUT2D eigenvalue weighted by molar-refractivity contribution is 0.0562. The summed E-state index contributed by atoms with van der Waals surface area (Å²) in [6.07, 6.45) is 3.40. The van der Waals surface area contributed by atoms with Crippen LogP contribution < -0.4 is 5.56 Å². The Hall–Kier alpha value is -1.24. The summed E-state index contributed by atoms with van der Waals surface area (Å²) in [7, 11) is 0. The predicted molar refractivity (Wildman–Crippen MR) is 82.9 cm³/mol. The molecule has 2 fully saturated rings. The minimum atomic E-state index is -0.358. The second-order valence-corrected chi connectivity index (χ2v) is 6.56. The first-order valence-electron chi connectivity index (χ1n) is 8.08. The molecule has 0 saturated carbocycles. The van der Waals surface area contributed by atoms with Gasteiger partial charge in [0, 0.05) is 17.8 Å². The van der Waals surface area contributed by atoms with Crippen molar-refractivity contribution in [1.82, 2.24) is 14.5 Å². The van der Waals surface area contributed by atoms with E-state index >= 15 is 0 Å². The molecule has 3 rings (SSSR count).